The third kappa shape index (κ3) is 4.24. The lowest BCUT2D eigenvalue weighted by atomic mass is 9.86. The predicted molar refractivity (Wildman–Crippen MR) is 96.3 cm³/mol. The average molecular weight is 367 g/mol. The van der Waals surface area contributed by atoms with Gasteiger partial charge in [-0.2, -0.15) is 0 Å². The van der Waals surface area contributed by atoms with Crippen LogP contribution in [0.3, 0.4) is 0 Å². The molecular weight excluding hydrogens is 346 g/mol. The van der Waals surface area contributed by atoms with Gasteiger partial charge in [0, 0.05) is 16.2 Å². The van der Waals surface area contributed by atoms with E-state index in [0.717, 1.165) is 15.2 Å². The van der Waals surface area contributed by atoms with Gasteiger partial charge in [0.25, 0.3) is 0 Å². The SMILES string of the molecule is CC(Nc1ccc(Cl)c(Br)c1)c1ccc(C(C)(C)C)cc1. The highest BCUT2D eigenvalue weighted by Gasteiger charge is 2.14. The van der Waals surface area contributed by atoms with Crippen LogP contribution in [0.4, 0.5) is 5.69 Å². The summed E-state index contributed by atoms with van der Waals surface area (Å²) in [4.78, 5) is 0. The second-order valence-corrected chi connectivity index (χ2v) is 7.63. The van der Waals surface area contributed by atoms with Crippen molar-refractivity contribution in [3.8, 4) is 0 Å². The summed E-state index contributed by atoms with van der Waals surface area (Å²) in [7, 11) is 0. The highest BCUT2D eigenvalue weighted by atomic mass is 79.9. The Morgan fingerprint density at radius 1 is 1.05 bits per heavy atom. The summed E-state index contributed by atoms with van der Waals surface area (Å²) in [6.45, 7) is 8.85. The molecule has 2 rings (SSSR count). The van der Waals surface area contributed by atoms with Crippen LogP contribution in [0.15, 0.2) is 46.9 Å². The molecule has 0 aliphatic heterocycles. The van der Waals surface area contributed by atoms with Gasteiger partial charge in [0.1, 0.15) is 0 Å². The first kappa shape index (κ1) is 16.4. The Morgan fingerprint density at radius 2 is 1.67 bits per heavy atom. The van der Waals surface area contributed by atoms with Gasteiger partial charge in [-0.15, -0.1) is 0 Å². The molecule has 0 amide bonds. The molecule has 2 aromatic carbocycles. The third-order valence-electron chi connectivity index (χ3n) is 3.58. The standard InChI is InChI=1S/C18H21BrClN/c1-12(21-15-9-10-17(20)16(19)11-15)13-5-7-14(8-6-13)18(2,3)4/h5-12,21H,1-4H3. The van der Waals surface area contributed by atoms with Gasteiger partial charge >= 0.3 is 0 Å². The number of rotatable bonds is 3. The number of hydrogen-bond donors (Lipinski definition) is 1. The summed E-state index contributed by atoms with van der Waals surface area (Å²) < 4.78 is 0.907. The van der Waals surface area contributed by atoms with Crippen LogP contribution >= 0.6 is 27.5 Å². The molecule has 0 radical (unpaired) electrons. The fraction of sp³-hybridized carbons (Fsp3) is 0.333. The molecule has 0 fully saturated rings. The summed E-state index contributed by atoms with van der Waals surface area (Å²) in [6.07, 6.45) is 0. The lowest BCUT2D eigenvalue weighted by Gasteiger charge is -2.21. The van der Waals surface area contributed by atoms with Crippen molar-refractivity contribution in [1.82, 2.24) is 0 Å². The molecule has 0 aliphatic rings. The van der Waals surface area contributed by atoms with Gasteiger partial charge < -0.3 is 5.32 Å². The fourth-order valence-electron chi connectivity index (χ4n) is 2.19. The monoisotopic (exact) mass is 365 g/mol. The summed E-state index contributed by atoms with van der Waals surface area (Å²) in [5.74, 6) is 0. The molecule has 1 N–H and O–H groups in total. The van der Waals surface area contributed by atoms with E-state index >= 15 is 0 Å². The van der Waals surface area contributed by atoms with Crippen LogP contribution < -0.4 is 5.32 Å². The molecule has 0 spiro atoms. The zero-order chi connectivity index (χ0) is 15.6. The first-order chi connectivity index (χ1) is 9.77. The lowest BCUT2D eigenvalue weighted by Crippen LogP contribution is -2.12. The maximum Gasteiger partial charge on any atom is 0.0549 e. The minimum Gasteiger partial charge on any atom is -0.378 e. The third-order valence-corrected chi connectivity index (χ3v) is 4.79. The van der Waals surface area contributed by atoms with E-state index in [1.807, 2.05) is 18.2 Å². The molecular formula is C18H21BrClN. The Balaban J connectivity index is 2.13. The van der Waals surface area contributed by atoms with Crippen LogP contribution in [0.1, 0.15) is 44.9 Å². The Bertz CT molecular complexity index is 614. The molecule has 112 valence electrons. The number of benzene rings is 2. The maximum absolute atomic E-state index is 6.02. The van der Waals surface area contributed by atoms with E-state index in [9.17, 15) is 0 Å². The zero-order valence-corrected chi connectivity index (χ0v) is 15.2. The Kier molecular flexibility index (Phi) is 5.00. The smallest absolute Gasteiger partial charge is 0.0549 e. The van der Waals surface area contributed by atoms with Gasteiger partial charge in [-0.3, -0.25) is 0 Å². The number of hydrogen-bond acceptors (Lipinski definition) is 1. The van der Waals surface area contributed by atoms with E-state index in [4.69, 9.17) is 11.6 Å². The summed E-state index contributed by atoms with van der Waals surface area (Å²) in [6, 6.07) is 15.0. The van der Waals surface area contributed by atoms with E-state index in [1.165, 1.54) is 11.1 Å². The Morgan fingerprint density at radius 3 is 2.19 bits per heavy atom. The van der Waals surface area contributed by atoms with Crippen LogP contribution in [0.5, 0.6) is 0 Å². The van der Waals surface area contributed by atoms with E-state index in [-0.39, 0.29) is 11.5 Å². The fourth-order valence-corrected chi connectivity index (χ4v) is 2.69. The van der Waals surface area contributed by atoms with E-state index in [1.54, 1.807) is 0 Å². The lowest BCUT2D eigenvalue weighted by molar-refractivity contribution is 0.589. The van der Waals surface area contributed by atoms with Gasteiger partial charge in [-0.05, 0) is 57.6 Å². The number of halogens is 2. The van der Waals surface area contributed by atoms with Crippen LogP contribution in [0, 0.1) is 0 Å². The number of anilines is 1. The van der Waals surface area contributed by atoms with Crippen molar-refractivity contribution in [2.75, 3.05) is 5.32 Å². The van der Waals surface area contributed by atoms with Gasteiger partial charge in [0.05, 0.1) is 5.02 Å². The molecule has 1 nitrogen and oxygen atoms in total. The molecule has 0 bridgehead atoms. The topological polar surface area (TPSA) is 12.0 Å². The van der Waals surface area contributed by atoms with Crippen LogP contribution in [-0.4, -0.2) is 0 Å². The van der Waals surface area contributed by atoms with Crippen molar-refractivity contribution < 1.29 is 0 Å². The van der Waals surface area contributed by atoms with Crippen molar-refractivity contribution >= 4 is 33.2 Å². The highest BCUT2D eigenvalue weighted by molar-refractivity contribution is 9.10. The highest BCUT2D eigenvalue weighted by Crippen LogP contribution is 2.29. The summed E-state index contributed by atoms with van der Waals surface area (Å²) in [5, 5.41) is 4.22. The average Bonchev–Trinajstić information content (AvgIpc) is 2.42. The minimum atomic E-state index is 0.191. The van der Waals surface area contributed by atoms with E-state index < -0.39 is 0 Å². The molecule has 1 unspecified atom stereocenters. The Hall–Kier alpha value is -0.990. The van der Waals surface area contributed by atoms with E-state index in [0.29, 0.717) is 0 Å². The van der Waals surface area contributed by atoms with Crippen LogP contribution in [0.25, 0.3) is 0 Å². The van der Waals surface area contributed by atoms with Crippen molar-refractivity contribution in [3.63, 3.8) is 0 Å². The molecule has 0 heterocycles. The van der Waals surface area contributed by atoms with Crippen molar-refractivity contribution in [1.29, 1.82) is 0 Å². The predicted octanol–water partition coefficient (Wildman–Crippen LogP) is 6.57. The largest absolute Gasteiger partial charge is 0.378 e. The Labute approximate surface area is 140 Å². The summed E-state index contributed by atoms with van der Waals surface area (Å²) >= 11 is 9.47. The van der Waals surface area contributed by atoms with Gasteiger partial charge in [0.15, 0.2) is 0 Å². The summed E-state index contributed by atoms with van der Waals surface area (Å²) in [5.41, 5.74) is 3.87. The molecule has 21 heavy (non-hydrogen) atoms. The minimum absolute atomic E-state index is 0.191. The number of nitrogens with one attached hydrogen (secondary N) is 1. The van der Waals surface area contributed by atoms with E-state index in [2.05, 4.69) is 73.2 Å². The van der Waals surface area contributed by atoms with Gasteiger partial charge in [0.2, 0.25) is 0 Å². The molecule has 3 heteroatoms. The second kappa shape index (κ2) is 6.41. The maximum atomic E-state index is 6.02. The molecule has 2 aromatic rings. The first-order valence-corrected chi connectivity index (χ1v) is 8.26. The quantitative estimate of drug-likeness (QED) is 0.647. The molecule has 0 saturated heterocycles. The van der Waals surface area contributed by atoms with Crippen LogP contribution in [0.2, 0.25) is 5.02 Å². The van der Waals surface area contributed by atoms with Crippen molar-refractivity contribution in [3.05, 3.63) is 63.1 Å². The molecule has 0 aliphatic carbocycles. The normalized spacial score (nSPS) is 13.0. The van der Waals surface area contributed by atoms with Gasteiger partial charge in [-0.25, -0.2) is 0 Å². The first-order valence-electron chi connectivity index (χ1n) is 7.09. The molecule has 0 aromatic heterocycles. The van der Waals surface area contributed by atoms with Crippen molar-refractivity contribution in [2.24, 2.45) is 0 Å². The second-order valence-electron chi connectivity index (χ2n) is 6.37. The molecule has 1 atom stereocenters. The van der Waals surface area contributed by atoms with Crippen molar-refractivity contribution in [2.45, 2.75) is 39.2 Å². The molecule has 0 saturated carbocycles. The zero-order valence-electron chi connectivity index (χ0n) is 12.9. The van der Waals surface area contributed by atoms with Gasteiger partial charge in [-0.1, -0.05) is 56.6 Å². The van der Waals surface area contributed by atoms with Crippen LogP contribution in [-0.2, 0) is 5.41 Å².